The Kier molecular flexibility index (Phi) is 4.28. The van der Waals surface area contributed by atoms with Crippen LogP contribution in [0.15, 0.2) is 30.3 Å². The molecule has 0 bridgehead atoms. The lowest BCUT2D eigenvalue weighted by Gasteiger charge is -2.03. The minimum absolute atomic E-state index is 0.269. The van der Waals surface area contributed by atoms with Crippen LogP contribution in [0.3, 0.4) is 0 Å². The van der Waals surface area contributed by atoms with Gasteiger partial charge < -0.3 is 5.32 Å². The Morgan fingerprint density at radius 3 is 2.69 bits per heavy atom. The molecule has 1 rings (SSSR count). The highest BCUT2D eigenvalue weighted by molar-refractivity contribution is 5.92. The van der Waals surface area contributed by atoms with Crippen molar-refractivity contribution in [2.75, 3.05) is 0 Å². The third kappa shape index (κ3) is 3.97. The molecule has 1 unspecified atom stereocenters. The standard InChI is InChI=1S/C13H12FNO/c1-3-10(2)15-13(16)9-6-11-4-7-12(14)8-5-11/h1,4-10H,2H3,(H,15,16)/b9-6+. The van der Waals surface area contributed by atoms with E-state index in [1.807, 2.05) is 0 Å². The fourth-order valence-corrected chi connectivity index (χ4v) is 1.05. The molecule has 0 aromatic heterocycles. The number of terminal acetylenes is 1. The van der Waals surface area contributed by atoms with Crippen molar-refractivity contribution in [3.8, 4) is 12.3 Å². The summed E-state index contributed by atoms with van der Waals surface area (Å²) in [6, 6.07) is 5.54. The maximum Gasteiger partial charge on any atom is 0.244 e. The number of rotatable bonds is 3. The number of carbonyl (C=O) groups excluding carboxylic acids is 1. The molecule has 0 aliphatic carbocycles. The van der Waals surface area contributed by atoms with E-state index in [2.05, 4.69) is 11.2 Å². The summed E-state index contributed by atoms with van der Waals surface area (Å²) in [5, 5.41) is 2.58. The average Bonchev–Trinajstić information content (AvgIpc) is 2.28. The molecule has 0 fully saturated rings. The lowest BCUT2D eigenvalue weighted by atomic mass is 10.2. The maximum atomic E-state index is 12.6. The first kappa shape index (κ1) is 12.0. The molecule has 1 amide bonds. The van der Waals surface area contributed by atoms with Crippen molar-refractivity contribution < 1.29 is 9.18 Å². The Labute approximate surface area is 94.2 Å². The van der Waals surface area contributed by atoms with E-state index in [4.69, 9.17) is 6.42 Å². The number of halogens is 1. The van der Waals surface area contributed by atoms with E-state index < -0.39 is 0 Å². The minimum Gasteiger partial charge on any atom is -0.339 e. The number of benzene rings is 1. The molecule has 0 aliphatic rings. The van der Waals surface area contributed by atoms with Gasteiger partial charge in [-0.1, -0.05) is 18.1 Å². The molecular formula is C13H12FNO. The second kappa shape index (κ2) is 5.72. The van der Waals surface area contributed by atoms with Crippen LogP contribution in [0, 0.1) is 18.2 Å². The van der Waals surface area contributed by atoms with Crippen molar-refractivity contribution in [2.45, 2.75) is 13.0 Å². The van der Waals surface area contributed by atoms with Gasteiger partial charge in [0.15, 0.2) is 0 Å². The molecule has 0 spiro atoms. The van der Waals surface area contributed by atoms with Crippen molar-refractivity contribution in [3.05, 3.63) is 41.7 Å². The van der Waals surface area contributed by atoms with Crippen LogP contribution in [-0.4, -0.2) is 11.9 Å². The summed E-state index contributed by atoms with van der Waals surface area (Å²) in [4.78, 5) is 11.3. The Morgan fingerprint density at radius 2 is 2.12 bits per heavy atom. The molecule has 82 valence electrons. The first-order valence-corrected chi connectivity index (χ1v) is 4.82. The summed E-state index contributed by atoms with van der Waals surface area (Å²) in [6.45, 7) is 1.71. The summed E-state index contributed by atoms with van der Waals surface area (Å²) in [5.41, 5.74) is 0.755. The van der Waals surface area contributed by atoms with Crippen LogP contribution in [-0.2, 0) is 4.79 Å². The molecule has 1 N–H and O–H groups in total. The first-order chi connectivity index (χ1) is 7.61. The SMILES string of the molecule is C#CC(C)NC(=O)/C=C/c1ccc(F)cc1. The summed E-state index contributed by atoms with van der Waals surface area (Å²) < 4.78 is 12.6. The van der Waals surface area contributed by atoms with E-state index in [1.165, 1.54) is 18.2 Å². The molecular weight excluding hydrogens is 205 g/mol. The van der Waals surface area contributed by atoms with Gasteiger partial charge in [0.1, 0.15) is 5.82 Å². The van der Waals surface area contributed by atoms with Gasteiger partial charge in [-0.2, -0.15) is 0 Å². The van der Waals surface area contributed by atoms with Crippen molar-refractivity contribution in [1.82, 2.24) is 5.32 Å². The van der Waals surface area contributed by atoms with Crippen LogP contribution in [0.1, 0.15) is 12.5 Å². The highest BCUT2D eigenvalue weighted by Crippen LogP contribution is 2.04. The quantitative estimate of drug-likeness (QED) is 0.608. The van der Waals surface area contributed by atoms with E-state index in [9.17, 15) is 9.18 Å². The number of nitrogens with one attached hydrogen (secondary N) is 1. The molecule has 1 atom stereocenters. The topological polar surface area (TPSA) is 29.1 Å². The van der Waals surface area contributed by atoms with Crippen molar-refractivity contribution in [1.29, 1.82) is 0 Å². The fraction of sp³-hybridized carbons (Fsp3) is 0.154. The maximum absolute atomic E-state index is 12.6. The summed E-state index contributed by atoms with van der Waals surface area (Å²) in [7, 11) is 0. The predicted molar refractivity (Wildman–Crippen MR) is 61.9 cm³/mol. The Morgan fingerprint density at radius 1 is 1.50 bits per heavy atom. The molecule has 1 aromatic rings. The minimum atomic E-state index is -0.303. The number of amides is 1. The monoisotopic (exact) mass is 217 g/mol. The van der Waals surface area contributed by atoms with E-state index in [1.54, 1.807) is 25.1 Å². The third-order valence-corrected chi connectivity index (χ3v) is 1.91. The van der Waals surface area contributed by atoms with Crippen molar-refractivity contribution >= 4 is 12.0 Å². The van der Waals surface area contributed by atoms with Gasteiger partial charge in [-0.15, -0.1) is 6.42 Å². The van der Waals surface area contributed by atoms with Gasteiger partial charge in [0, 0.05) is 6.08 Å². The van der Waals surface area contributed by atoms with E-state index >= 15 is 0 Å². The van der Waals surface area contributed by atoms with Gasteiger partial charge in [0.05, 0.1) is 6.04 Å². The molecule has 0 heterocycles. The molecule has 0 radical (unpaired) electrons. The Hall–Kier alpha value is -2.08. The van der Waals surface area contributed by atoms with Gasteiger partial charge in [-0.05, 0) is 30.7 Å². The highest BCUT2D eigenvalue weighted by Gasteiger charge is 1.99. The van der Waals surface area contributed by atoms with Crippen LogP contribution in [0.5, 0.6) is 0 Å². The van der Waals surface area contributed by atoms with E-state index in [-0.39, 0.29) is 17.8 Å². The normalized spacial score (nSPS) is 12.1. The smallest absolute Gasteiger partial charge is 0.244 e. The van der Waals surface area contributed by atoms with Gasteiger partial charge in [0.25, 0.3) is 0 Å². The summed E-state index contributed by atoms with van der Waals surface area (Å²) >= 11 is 0. The molecule has 0 saturated heterocycles. The zero-order valence-corrected chi connectivity index (χ0v) is 8.91. The Balaban J connectivity index is 2.57. The van der Waals surface area contributed by atoms with Crippen LogP contribution in [0.25, 0.3) is 6.08 Å². The van der Waals surface area contributed by atoms with Crippen molar-refractivity contribution in [3.63, 3.8) is 0 Å². The number of hydrogen-bond acceptors (Lipinski definition) is 1. The molecule has 3 heteroatoms. The third-order valence-electron chi connectivity index (χ3n) is 1.91. The second-order valence-corrected chi connectivity index (χ2v) is 3.28. The van der Waals surface area contributed by atoms with E-state index in [0.717, 1.165) is 5.56 Å². The fourth-order valence-electron chi connectivity index (χ4n) is 1.05. The van der Waals surface area contributed by atoms with Gasteiger partial charge in [-0.3, -0.25) is 4.79 Å². The predicted octanol–water partition coefficient (Wildman–Crippen LogP) is 1.98. The zero-order valence-electron chi connectivity index (χ0n) is 8.91. The first-order valence-electron chi connectivity index (χ1n) is 4.82. The van der Waals surface area contributed by atoms with Gasteiger partial charge in [-0.25, -0.2) is 4.39 Å². The summed E-state index contributed by atoms with van der Waals surface area (Å²) in [6.07, 6.45) is 8.07. The lowest BCUT2D eigenvalue weighted by Crippen LogP contribution is -2.29. The van der Waals surface area contributed by atoms with Crippen LogP contribution in [0.2, 0.25) is 0 Å². The Bertz CT molecular complexity index is 428. The van der Waals surface area contributed by atoms with Gasteiger partial charge in [0.2, 0.25) is 5.91 Å². The molecule has 0 saturated carbocycles. The molecule has 0 aliphatic heterocycles. The number of carbonyl (C=O) groups is 1. The van der Waals surface area contributed by atoms with E-state index in [0.29, 0.717) is 0 Å². The molecule has 2 nitrogen and oxygen atoms in total. The summed E-state index contributed by atoms with van der Waals surface area (Å²) in [5.74, 6) is 1.81. The number of hydrogen-bond donors (Lipinski definition) is 1. The molecule has 1 aromatic carbocycles. The largest absolute Gasteiger partial charge is 0.339 e. The average molecular weight is 217 g/mol. The second-order valence-electron chi connectivity index (χ2n) is 3.28. The van der Waals surface area contributed by atoms with Crippen LogP contribution < -0.4 is 5.32 Å². The lowest BCUT2D eigenvalue weighted by molar-refractivity contribution is -0.116. The van der Waals surface area contributed by atoms with Gasteiger partial charge >= 0.3 is 0 Å². The zero-order chi connectivity index (χ0) is 12.0. The van der Waals surface area contributed by atoms with Crippen LogP contribution in [0.4, 0.5) is 4.39 Å². The van der Waals surface area contributed by atoms with Crippen LogP contribution >= 0.6 is 0 Å². The highest BCUT2D eigenvalue weighted by atomic mass is 19.1. The molecule has 16 heavy (non-hydrogen) atoms. The van der Waals surface area contributed by atoms with Crippen molar-refractivity contribution in [2.24, 2.45) is 0 Å².